The van der Waals surface area contributed by atoms with Crippen LogP contribution in [0.25, 0.3) is 0 Å². The quantitative estimate of drug-likeness (QED) is 0.783. The van der Waals surface area contributed by atoms with Crippen LogP contribution < -0.4 is 0 Å². The Morgan fingerprint density at radius 2 is 2.37 bits per heavy atom. The van der Waals surface area contributed by atoms with Crippen molar-refractivity contribution in [2.24, 2.45) is 0 Å². The van der Waals surface area contributed by atoms with Gasteiger partial charge in [0.05, 0.1) is 11.8 Å². The molecule has 0 aliphatic carbocycles. The van der Waals surface area contributed by atoms with Crippen LogP contribution in [0.2, 0.25) is 0 Å². The van der Waals surface area contributed by atoms with Gasteiger partial charge in [0.2, 0.25) is 0 Å². The first-order valence-electron chi connectivity index (χ1n) is 7.14. The second kappa shape index (κ2) is 6.60. The Morgan fingerprint density at radius 1 is 1.58 bits per heavy atom. The topological polar surface area (TPSA) is 33.5 Å². The Bertz CT molecular complexity index is 428. The van der Waals surface area contributed by atoms with E-state index in [0.29, 0.717) is 10.9 Å². The van der Waals surface area contributed by atoms with Crippen LogP contribution in [0.1, 0.15) is 55.6 Å². The average molecular weight is 328 g/mol. The number of piperidine rings is 1. The molecular formula is C15H22BrNO2. The van der Waals surface area contributed by atoms with Crippen molar-refractivity contribution in [3.05, 3.63) is 23.7 Å². The minimum absolute atomic E-state index is 0.142. The number of furan rings is 1. The fourth-order valence-corrected chi connectivity index (χ4v) is 3.28. The first-order chi connectivity index (χ1) is 9.13. The molecule has 0 radical (unpaired) electrons. The maximum atomic E-state index is 12.7. The van der Waals surface area contributed by atoms with Crippen LogP contribution >= 0.6 is 15.9 Å². The first-order valence-corrected chi connectivity index (χ1v) is 8.06. The van der Waals surface area contributed by atoms with Gasteiger partial charge in [-0.05, 0) is 31.7 Å². The fourth-order valence-electron chi connectivity index (χ4n) is 2.85. The van der Waals surface area contributed by atoms with E-state index in [1.54, 1.807) is 6.26 Å². The van der Waals surface area contributed by atoms with Gasteiger partial charge in [-0.2, -0.15) is 0 Å². The predicted molar refractivity (Wildman–Crippen MR) is 79.8 cm³/mol. The van der Waals surface area contributed by atoms with E-state index in [9.17, 15) is 4.79 Å². The molecule has 3 nitrogen and oxygen atoms in total. The van der Waals surface area contributed by atoms with Crippen LogP contribution in [0.3, 0.4) is 0 Å². The molecule has 0 spiro atoms. The van der Waals surface area contributed by atoms with Crippen molar-refractivity contribution < 1.29 is 9.21 Å². The molecule has 19 heavy (non-hydrogen) atoms. The lowest BCUT2D eigenvalue weighted by molar-refractivity contribution is 0.0601. The number of carbonyl (C=O) groups is 1. The molecular weight excluding hydrogens is 306 g/mol. The molecule has 4 heteroatoms. The molecule has 0 saturated carbocycles. The minimum atomic E-state index is 0.142. The van der Waals surface area contributed by atoms with Gasteiger partial charge in [0.25, 0.3) is 5.91 Å². The van der Waals surface area contributed by atoms with E-state index in [0.717, 1.165) is 43.6 Å². The number of alkyl halides is 1. The Balaban J connectivity index is 2.15. The number of carbonyl (C=O) groups excluding carboxylic acids is 1. The van der Waals surface area contributed by atoms with Crippen molar-refractivity contribution in [1.29, 1.82) is 0 Å². The summed E-state index contributed by atoms with van der Waals surface area (Å²) in [5.74, 6) is 0.949. The van der Waals surface area contributed by atoms with Crippen molar-refractivity contribution in [1.82, 2.24) is 4.90 Å². The molecule has 2 atom stereocenters. The third-order valence-electron chi connectivity index (χ3n) is 3.78. The molecule has 2 heterocycles. The number of aryl methyl sites for hydroxylation is 1. The van der Waals surface area contributed by atoms with E-state index >= 15 is 0 Å². The minimum Gasteiger partial charge on any atom is -0.469 e. The van der Waals surface area contributed by atoms with Crippen molar-refractivity contribution >= 4 is 21.8 Å². The summed E-state index contributed by atoms with van der Waals surface area (Å²) in [6.07, 6.45) is 6.85. The summed E-state index contributed by atoms with van der Waals surface area (Å²) in [6, 6.07) is 2.17. The summed E-state index contributed by atoms with van der Waals surface area (Å²) < 4.78 is 5.39. The summed E-state index contributed by atoms with van der Waals surface area (Å²) >= 11 is 3.61. The molecule has 1 aromatic rings. The van der Waals surface area contributed by atoms with E-state index in [2.05, 4.69) is 22.9 Å². The molecule has 0 aromatic carbocycles. The van der Waals surface area contributed by atoms with E-state index in [-0.39, 0.29) is 5.91 Å². The van der Waals surface area contributed by atoms with E-state index in [1.807, 2.05) is 17.9 Å². The van der Waals surface area contributed by atoms with E-state index in [1.165, 1.54) is 6.42 Å². The maximum Gasteiger partial charge on any atom is 0.257 e. The summed E-state index contributed by atoms with van der Waals surface area (Å²) in [4.78, 5) is 15.2. The van der Waals surface area contributed by atoms with Crippen LogP contribution in [-0.4, -0.2) is 28.2 Å². The molecule has 1 aromatic heterocycles. The molecule has 1 fully saturated rings. The average Bonchev–Trinajstić information content (AvgIpc) is 2.86. The van der Waals surface area contributed by atoms with Crippen LogP contribution in [0.15, 0.2) is 16.7 Å². The van der Waals surface area contributed by atoms with E-state index < -0.39 is 0 Å². The smallest absolute Gasteiger partial charge is 0.257 e. The van der Waals surface area contributed by atoms with Crippen molar-refractivity contribution in [3.8, 4) is 0 Å². The van der Waals surface area contributed by atoms with Gasteiger partial charge in [-0.1, -0.05) is 29.8 Å². The Morgan fingerprint density at radius 3 is 3.05 bits per heavy atom. The molecule has 1 aliphatic heterocycles. The first kappa shape index (κ1) is 14.6. The zero-order valence-corrected chi connectivity index (χ0v) is 13.3. The Kier molecular flexibility index (Phi) is 5.08. The second-order valence-electron chi connectivity index (χ2n) is 5.28. The molecule has 1 saturated heterocycles. The largest absolute Gasteiger partial charge is 0.469 e. The maximum absolute atomic E-state index is 12.7. The zero-order valence-electron chi connectivity index (χ0n) is 11.7. The highest BCUT2D eigenvalue weighted by Gasteiger charge is 2.29. The van der Waals surface area contributed by atoms with Crippen molar-refractivity contribution in [3.63, 3.8) is 0 Å². The third kappa shape index (κ3) is 3.41. The number of amides is 1. The molecule has 0 bridgehead atoms. The van der Waals surface area contributed by atoms with Gasteiger partial charge >= 0.3 is 0 Å². The van der Waals surface area contributed by atoms with E-state index in [4.69, 9.17) is 4.42 Å². The number of nitrogens with zero attached hydrogens (tertiary/aromatic N) is 1. The zero-order chi connectivity index (χ0) is 13.8. The Hall–Kier alpha value is -0.770. The van der Waals surface area contributed by atoms with Crippen molar-refractivity contribution in [2.45, 2.75) is 56.8 Å². The lowest BCUT2D eigenvalue weighted by atomic mass is 9.97. The normalized spacial score (nSPS) is 21.4. The standard InChI is InChI=1S/C15H22BrNO2/c1-3-14-13(7-9-19-14)15(18)17-8-5-4-6-12(17)10-11(2)16/h7,9,11-12H,3-6,8,10H2,1-2H3. The highest BCUT2D eigenvalue weighted by Crippen LogP contribution is 2.26. The summed E-state index contributed by atoms with van der Waals surface area (Å²) in [7, 11) is 0. The van der Waals surface area contributed by atoms with Gasteiger partial charge in [-0.15, -0.1) is 0 Å². The molecule has 0 N–H and O–H groups in total. The Labute approximate surface area is 123 Å². The number of hydrogen-bond donors (Lipinski definition) is 0. The fraction of sp³-hybridized carbons (Fsp3) is 0.667. The van der Waals surface area contributed by atoms with Gasteiger partial charge in [0.15, 0.2) is 0 Å². The number of likely N-dealkylation sites (tertiary alicyclic amines) is 1. The highest BCUT2D eigenvalue weighted by molar-refractivity contribution is 9.09. The van der Waals surface area contributed by atoms with Crippen LogP contribution in [0, 0.1) is 0 Å². The highest BCUT2D eigenvalue weighted by atomic mass is 79.9. The molecule has 1 aliphatic rings. The lowest BCUT2D eigenvalue weighted by Crippen LogP contribution is -2.44. The lowest BCUT2D eigenvalue weighted by Gasteiger charge is -2.36. The number of hydrogen-bond acceptors (Lipinski definition) is 2. The third-order valence-corrected chi connectivity index (χ3v) is 4.16. The molecule has 2 rings (SSSR count). The molecule has 2 unspecified atom stereocenters. The summed E-state index contributed by atoms with van der Waals surface area (Å²) in [6.45, 7) is 5.04. The van der Waals surface area contributed by atoms with Gasteiger partial charge in [-0.25, -0.2) is 0 Å². The molecule has 1 amide bonds. The summed E-state index contributed by atoms with van der Waals surface area (Å²) in [5, 5.41) is 0. The number of halogens is 1. The summed E-state index contributed by atoms with van der Waals surface area (Å²) in [5.41, 5.74) is 0.747. The van der Waals surface area contributed by atoms with Gasteiger partial charge in [0.1, 0.15) is 5.76 Å². The van der Waals surface area contributed by atoms with Crippen molar-refractivity contribution in [2.75, 3.05) is 6.54 Å². The monoisotopic (exact) mass is 327 g/mol. The number of rotatable bonds is 4. The predicted octanol–water partition coefficient (Wildman–Crippen LogP) is 4.01. The van der Waals surface area contributed by atoms with Crippen LogP contribution in [-0.2, 0) is 6.42 Å². The van der Waals surface area contributed by atoms with Crippen LogP contribution in [0.4, 0.5) is 0 Å². The van der Waals surface area contributed by atoms with Gasteiger partial charge in [-0.3, -0.25) is 4.79 Å². The van der Waals surface area contributed by atoms with Gasteiger partial charge < -0.3 is 9.32 Å². The van der Waals surface area contributed by atoms with Gasteiger partial charge in [0, 0.05) is 23.8 Å². The molecule has 106 valence electrons. The second-order valence-corrected chi connectivity index (χ2v) is 6.84. The van der Waals surface area contributed by atoms with Crippen LogP contribution in [0.5, 0.6) is 0 Å². The SMILES string of the molecule is CCc1occc1C(=O)N1CCCCC1CC(C)Br.